The van der Waals surface area contributed by atoms with Crippen LogP contribution in [0.15, 0.2) is 42.5 Å². The zero-order valence-corrected chi connectivity index (χ0v) is 12.1. The average Bonchev–Trinajstić information content (AvgIpc) is 2.53. The number of carbonyl (C=O) groups is 1. The molecule has 0 radical (unpaired) electrons. The standard InChI is InChI=1S/C16H13ClN2O2/c1-21-15-7-6-13(17)8-14(15)16(20)19-10-12-4-2-11(9-18)3-5-12/h2-8H,10H2,1H3,(H,19,20). The van der Waals surface area contributed by atoms with Gasteiger partial charge in [-0.15, -0.1) is 0 Å². The van der Waals surface area contributed by atoms with E-state index in [1.807, 2.05) is 6.07 Å². The lowest BCUT2D eigenvalue weighted by molar-refractivity contribution is 0.0948. The molecule has 2 aromatic carbocycles. The van der Waals surface area contributed by atoms with Crippen molar-refractivity contribution in [2.75, 3.05) is 7.11 Å². The molecule has 106 valence electrons. The third kappa shape index (κ3) is 3.74. The molecule has 0 spiro atoms. The predicted octanol–water partition coefficient (Wildman–Crippen LogP) is 3.15. The van der Waals surface area contributed by atoms with Crippen molar-refractivity contribution in [2.45, 2.75) is 6.54 Å². The van der Waals surface area contributed by atoms with Crippen LogP contribution in [0.3, 0.4) is 0 Å². The molecule has 2 rings (SSSR count). The molecule has 21 heavy (non-hydrogen) atoms. The van der Waals surface area contributed by atoms with E-state index in [9.17, 15) is 4.79 Å². The van der Waals surface area contributed by atoms with Gasteiger partial charge in [0, 0.05) is 11.6 Å². The first-order valence-corrected chi connectivity index (χ1v) is 6.62. The van der Waals surface area contributed by atoms with Gasteiger partial charge in [0.2, 0.25) is 0 Å². The summed E-state index contributed by atoms with van der Waals surface area (Å²) in [6, 6.07) is 13.9. The molecule has 2 aromatic rings. The SMILES string of the molecule is COc1ccc(Cl)cc1C(=O)NCc1ccc(C#N)cc1. The quantitative estimate of drug-likeness (QED) is 0.943. The van der Waals surface area contributed by atoms with Crippen molar-refractivity contribution in [3.05, 3.63) is 64.2 Å². The zero-order valence-electron chi connectivity index (χ0n) is 11.4. The Hall–Kier alpha value is -2.51. The zero-order chi connectivity index (χ0) is 15.2. The molecule has 0 aliphatic rings. The van der Waals surface area contributed by atoms with Crippen LogP contribution in [0.25, 0.3) is 0 Å². The minimum Gasteiger partial charge on any atom is -0.496 e. The van der Waals surface area contributed by atoms with Gasteiger partial charge in [-0.2, -0.15) is 5.26 Å². The van der Waals surface area contributed by atoms with Crippen LogP contribution in [-0.2, 0) is 6.54 Å². The van der Waals surface area contributed by atoms with Crippen LogP contribution in [0.4, 0.5) is 0 Å². The fourth-order valence-electron chi connectivity index (χ4n) is 1.83. The van der Waals surface area contributed by atoms with Crippen LogP contribution in [0.5, 0.6) is 5.75 Å². The van der Waals surface area contributed by atoms with E-state index in [4.69, 9.17) is 21.6 Å². The molecule has 1 amide bonds. The summed E-state index contributed by atoms with van der Waals surface area (Å²) in [5.41, 5.74) is 1.88. The number of benzene rings is 2. The fourth-order valence-corrected chi connectivity index (χ4v) is 2.00. The highest BCUT2D eigenvalue weighted by molar-refractivity contribution is 6.31. The second kappa shape index (κ2) is 6.78. The topological polar surface area (TPSA) is 62.1 Å². The minimum absolute atomic E-state index is 0.265. The van der Waals surface area contributed by atoms with Gasteiger partial charge in [0.1, 0.15) is 5.75 Å². The van der Waals surface area contributed by atoms with Gasteiger partial charge in [-0.25, -0.2) is 0 Å². The summed E-state index contributed by atoms with van der Waals surface area (Å²) in [5, 5.41) is 12.0. The van der Waals surface area contributed by atoms with Crippen molar-refractivity contribution in [1.82, 2.24) is 5.32 Å². The maximum atomic E-state index is 12.2. The number of rotatable bonds is 4. The summed E-state index contributed by atoms with van der Waals surface area (Å²) >= 11 is 5.90. The highest BCUT2D eigenvalue weighted by atomic mass is 35.5. The van der Waals surface area contributed by atoms with Crippen LogP contribution < -0.4 is 10.1 Å². The fraction of sp³-hybridized carbons (Fsp3) is 0.125. The molecule has 4 nitrogen and oxygen atoms in total. The molecular formula is C16H13ClN2O2. The van der Waals surface area contributed by atoms with Gasteiger partial charge in [0.25, 0.3) is 5.91 Å². The van der Waals surface area contributed by atoms with Crippen LogP contribution >= 0.6 is 11.6 Å². The Balaban J connectivity index is 2.08. The summed E-state index contributed by atoms with van der Waals surface area (Å²) in [7, 11) is 1.50. The number of nitrogens with zero attached hydrogens (tertiary/aromatic N) is 1. The van der Waals surface area contributed by atoms with E-state index in [1.165, 1.54) is 7.11 Å². The van der Waals surface area contributed by atoms with Crippen molar-refractivity contribution < 1.29 is 9.53 Å². The molecule has 0 saturated heterocycles. The van der Waals surface area contributed by atoms with E-state index in [2.05, 4.69) is 5.32 Å². The molecule has 0 saturated carbocycles. The molecule has 1 N–H and O–H groups in total. The lowest BCUT2D eigenvalue weighted by atomic mass is 10.1. The second-order valence-corrected chi connectivity index (χ2v) is 4.77. The lowest BCUT2D eigenvalue weighted by Crippen LogP contribution is -2.23. The maximum Gasteiger partial charge on any atom is 0.255 e. The monoisotopic (exact) mass is 300 g/mol. The molecule has 0 unspecified atom stereocenters. The molecule has 0 atom stereocenters. The number of nitriles is 1. The largest absolute Gasteiger partial charge is 0.496 e. The van der Waals surface area contributed by atoms with Crippen molar-refractivity contribution in [1.29, 1.82) is 5.26 Å². The Morgan fingerprint density at radius 1 is 1.29 bits per heavy atom. The van der Waals surface area contributed by atoms with E-state index in [0.717, 1.165) is 5.56 Å². The van der Waals surface area contributed by atoms with E-state index in [1.54, 1.807) is 42.5 Å². The number of amides is 1. The van der Waals surface area contributed by atoms with Crippen molar-refractivity contribution in [3.8, 4) is 11.8 Å². The number of hydrogen-bond donors (Lipinski definition) is 1. The number of nitrogens with one attached hydrogen (secondary N) is 1. The van der Waals surface area contributed by atoms with Crippen molar-refractivity contribution in [2.24, 2.45) is 0 Å². The van der Waals surface area contributed by atoms with E-state index < -0.39 is 0 Å². The van der Waals surface area contributed by atoms with Gasteiger partial charge in [-0.1, -0.05) is 23.7 Å². The van der Waals surface area contributed by atoms with Gasteiger partial charge < -0.3 is 10.1 Å². The molecule has 5 heteroatoms. The Kier molecular flexibility index (Phi) is 4.81. The van der Waals surface area contributed by atoms with Crippen LogP contribution in [0.2, 0.25) is 5.02 Å². The summed E-state index contributed by atoms with van der Waals surface area (Å²) < 4.78 is 5.15. The van der Waals surface area contributed by atoms with Gasteiger partial charge in [-0.05, 0) is 35.9 Å². The molecule has 0 bridgehead atoms. The highest BCUT2D eigenvalue weighted by Crippen LogP contribution is 2.22. The third-order valence-corrected chi connectivity index (χ3v) is 3.18. The summed E-state index contributed by atoms with van der Waals surface area (Å²) in [5.74, 6) is 0.204. The Morgan fingerprint density at radius 3 is 2.62 bits per heavy atom. The highest BCUT2D eigenvalue weighted by Gasteiger charge is 2.12. The smallest absolute Gasteiger partial charge is 0.255 e. The van der Waals surface area contributed by atoms with Gasteiger partial charge >= 0.3 is 0 Å². The second-order valence-electron chi connectivity index (χ2n) is 4.34. The van der Waals surface area contributed by atoms with Gasteiger partial charge in [0.15, 0.2) is 0 Å². The molecular weight excluding hydrogens is 288 g/mol. The average molecular weight is 301 g/mol. The van der Waals surface area contributed by atoms with Crippen molar-refractivity contribution >= 4 is 17.5 Å². The molecule has 0 aliphatic heterocycles. The van der Waals surface area contributed by atoms with E-state index in [-0.39, 0.29) is 5.91 Å². The first-order chi connectivity index (χ1) is 10.1. The number of methoxy groups -OCH3 is 1. The Labute approximate surface area is 127 Å². The van der Waals surface area contributed by atoms with Crippen molar-refractivity contribution in [3.63, 3.8) is 0 Å². The first-order valence-electron chi connectivity index (χ1n) is 6.25. The maximum absolute atomic E-state index is 12.2. The Bertz CT molecular complexity index is 690. The van der Waals surface area contributed by atoms with E-state index in [0.29, 0.717) is 28.4 Å². The lowest BCUT2D eigenvalue weighted by Gasteiger charge is -2.10. The number of halogens is 1. The van der Waals surface area contributed by atoms with E-state index >= 15 is 0 Å². The predicted molar refractivity (Wildman–Crippen MR) is 80.3 cm³/mol. The third-order valence-electron chi connectivity index (χ3n) is 2.94. The normalized spacial score (nSPS) is 9.76. The van der Waals surface area contributed by atoms with Gasteiger partial charge in [-0.3, -0.25) is 4.79 Å². The van der Waals surface area contributed by atoms with Crippen LogP contribution in [0, 0.1) is 11.3 Å². The number of ether oxygens (including phenoxy) is 1. The molecule has 0 heterocycles. The number of hydrogen-bond acceptors (Lipinski definition) is 3. The molecule has 0 fully saturated rings. The summed E-state index contributed by atoms with van der Waals surface area (Å²) in [4.78, 5) is 12.2. The van der Waals surface area contributed by atoms with Crippen LogP contribution in [-0.4, -0.2) is 13.0 Å². The Morgan fingerprint density at radius 2 is 2.00 bits per heavy atom. The first kappa shape index (κ1) is 14.9. The number of carbonyl (C=O) groups excluding carboxylic acids is 1. The molecule has 0 aliphatic carbocycles. The minimum atomic E-state index is -0.265. The van der Waals surface area contributed by atoms with Crippen LogP contribution in [0.1, 0.15) is 21.5 Å². The van der Waals surface area contributed by atoms with Gasteiger partial charge in [0.05, 0.1) is 24.3 Å². The summed E-state index contributed by atoms with van der Waals surface area (Å²) in [6.07, 6.45) is 0. The molecule has 0 aromatic heterocycles. The summed E-state index contributed by atoms with van der Waals surface area (Å²) in [6.45, 7) is 0.361.